The van der Waals surface area contributed by atoms with Crippen molar-refractivity contribution in [1.29, 1.82) is 0 Å². The Morgan fingerprint density at radius 3 is 1.00 bits per heavy atom. The van der Waals surface area contributed by atoms with Crippen molar-refractivity contribution in [3.05, 3.63) is 32.3 Å². The van der Waals surface area contributed by atoms with Crippen LogP contribution in [0, 0.1) is 0 Å². The minimum atomic E-state index is 0.773. The maximum Gasteiger partial charge on any atom is 0.0629 e. The van der Waals surface area contributed by atoms with Crippen molar-refractivity contribution >= 4 is 23.2 Å². The first-order valence-corrected chi connectivity index (χ1v) is 6.88. The Hall–Kier alpha value is -0.200. The Morgan fingerprint density at radius 1 is 0.562 bits per heavy atom. The van der Waals surface area contributed by atoms with E-state index < -0.39 is 0 Å². The molecule has 1 aromatic rings. The minimum Gasteiger partial charge on any atom is -0.0824 e. The van der Waals surface area contributed by atoms with Crippen LogP contribution in [0.2, 0.25) is 10.0 Å². The first-order chi connectivity index (χ1) is 7.62. The molecule has 16 heavy (non-hydrogen) atoms. The molecular weight excluding hydrogens is 239 g/mol. The van der Waals surface area contributed by atoms with Crippen LogP contribution in [0.4, 0.5) is 0 Å². The molecule has 2 heteroatoms. The highest BCUT2D eigenvalue weighted by atomic mass is 35.5. The number of halogens is 2. The van der Waals surface area contributed by atoms with Gasteiger partial charge in [-0.15, -0.1) is 0 Å². The summed E-state index contributed by atoms with van der Waals surface area (Å²) in [5, 5.41) is 1.55. The lowest BCUT2D eigenvalue weighted by atomic mass is 9.90. The fourth-order valence-electron chi connectivity index (χ4n) is 2.48. The molecule has 0 aromatic heterocycles. The normalized spacial score (nSPS) is 10.9. The standard InChI is InChI=1S/C14H20Cl2/c1-5-9-10(6-2)12(8-4)14(16)13(15)11(9)7-3/h5-8H2,1-4H3. The van der Waals surface area contributed by atoms with E-state index in [0.29, 0.717) is 0 Å². The van der Waals surface area contributed by atoms with E-state index in [-0.39, 0.29) is 0 Å². The quantitative estimate of drug-likeness (QED) is 0.693. The Labute approximate surface area is 109 Å². The van der Waals surface area contributed by atoms with Gasteiger partial charge in [0.25, 0.3) is 0 Å². The Bertz CT molecular complexity index is 344. The van der Waals surface area contributed by atoms with Gasteiger partial charge in [-0.3, -0.25) is 0 Å². The number of rotatable bonds is 4. The van der Waals surface area contributed by atoms with Gasteiger partial charge in [-0.2, -0.15) is 0 Å². The molecule has 0 saturated carbocycles. The second-order valence-electron chi connectivity index (χ2n) is 3.96. The van der Waals surface area contributed by atoms with Crippen molar-refractivity contribution < 1.29 is 0 Å². The average Bonchev–Trinajstić information content (AvgIpc) is 2.31. The monoisotopic (exact) mass is 258 g/mol. The number of benzene rings is 1. The molecule has 0 nitrogen and oxygen atoms in total. The molecule has 0 fully saturated rings. The van der Waals surface area contributed by atoms with Crippen LogP contribution < -0.4 is 0 Å². The van der Waals surface area contributed by atoms with E-state index in [9.17, 15) is 0 Å². The maximum absolute atomic E-state index is 6.36. The van der Waals surface area contributed by atoms with Gasteiger partial charge in [0.1, 0.15) is 0 Å². The van der Waals surface area contributed by atoms with Gasteiger partial charge in [0, 0.05) is 0 Å². The highest BCUT2D eigenvalue weighted by Gasteiger charge is 2.17. The molecule has 1 rings (SSSR count). The smallest absolute Gasteiger partial charge is 0.0629 e. The Morgan fingerprint density at radius 2 is 0.812 bits per heavy atom. The van der Waals surface area contributed by atoms with Gasteiger partial charge >= 0.3 is 0 Å². The third-order valence-corrected chi connectivity index (χ3v) is 4.16. The predicted molar refractivity (Wildman–Crippen MR) is 74.0 cm³/mol. The van der Waals surface area contributed by atoms with Gasteiger partial charge in [0.05, 0.1) is 10.0 Å². The summed E-state index contributed by atoms with van der Waals surface area (Å²) in [7, 11) is 0. The molecule has 0 radical (unpaired) electrons. The lowest BCUT2D eigenvalue weighted by Crippen LogP contribution is -2.04. The summed E-state index contributed by atoms with van der Waals surface area (Å²) in [6.07, 6.45) is 3.99. The summed E-state index contributed by atoms with van der Waals surface area (Å²) >= 11 is 12.7. The van der Waals surface area contributed by atoms with Crippen molar-refractivity contribution in [2.24, 2.45) is 0 Å². The van der Waals surface area contributed by atoms with Crippen LogP contribution in [-0.4, -0.2) is 0 Å². The van der Waals surface area contributed by atoms with E-state index in [0.717, 1.165) is 35.7 Å². The van der Waals surface area contributed by atoms with Crippen LogP contribution in [0.25, 0.3) is 0 Å². The van der Waals surface area contributed by atoms with Gasteiger partial charge in [-0.25, -0.2) is 0 Å². The van der Waals surface area contributed by atoms with Gasteiger partial charge in [0.15, 0.2) is 0 Å². The van der Waals surface area contributed by atoms with Crippen LogP contribution in [0.5, 0.6) is 0 Å². The van der Waals surface area contributed by atoms with Crippen molar-refractivity contribution in [2.75, 3.05) is 0 Å². The third kappa shape index (κ3) is 2.24. The minimum absolute atomic E-state index is 0.773. The van der Waals surface area contributed by atoms with E-state index in [1.807, 2.05) is 0 Å². The SMILES string of the molecule is CCc1c(Cl)c(Cl)c(CC)c(CC)c1CC. The zero-order chi connectivity index (χ0) is 12.3. The Kier molecular flexibility index (Phi) is 5.14. The third-order valence-electron chi connectivity index (χ3n) is 3.23. The molecule has 0 saturated heterocycles. The number of hydrogen-bond acceptors (Lipinski definition) is 0. The van der Waals surface area contributed by atoms with Crippen molar-refractivity contribution in [1.82, 2.24) is 0 Å². The molecule has 0 heterocycles. The first kappa shape index (κ1) is 13.9. The predicted octanol–water partition coefficient (Wildman–Crippen LogP) is 5.24. The molecule has 0 atom stereocenters. The van der Waals surface area contributed by atoms with Gasteiger partial charge in [0.2, 0.25) is 0 Å². The highest BCUT2D eigenvalue weighted by Crippen LogP contribution is 2.36. The molecule has 0 aliphatic heterocycles. The van der Waals surface area contributed by atoms with Crippen molar-refractivity contribution in [3.63, 3.8) is 0 Å². The molecule has 1 aromatic carbocycles. The largest absolute Gasteiger partial charge is 0.0824 e. The summed E-state index contributed by atoms with van der Waals surface area (Å²) in [6, 6.07) is 0. The lowest BCUT2D eigenvalue weighted by molar-refractivity contribution is 0.945. The summed E-state index contributed by atoms with van der Waals surface area (Å²) in [5.41, 5.74) is 5.30. The van der Waals surface area contributed by atoms with Crippen LogP contribution >= 0.6 is 23.2 Å². The van der Waals surface area contributed by atoms with E-state index in [1.165, 1.54) is 22.3 Å². The van der Waals surface area contributed by atoms with Gasteiger partial charge in [-0.05, 0) is 47.9 Å². The fraction of sp³-hybridized carbons (Fsp3) is 0.571. The first-order valence-electron chi connectivity index (χ1n) is 6.12. The van der Waals surface area contributed by atoms with Crippen molar-refractivity contribution in [2.45, 2.75) is 53.4 Å². The van der Waals surface area contributed by atoms with Crippen LogP contribution in [0.1, 0.15) is 49.9 Å². The second kappa shape index (κ2) is 5.93. The van der Waals surface area contributed by atoms with Gasteiger partial charge < -0.3 is 0 Å². The van der Waals surface area contributed by atoms with Crippen LogP contribution in [-0.2, 0) is 25.7 Å². The van der Waals surface area contributed by atoms with Crippen LogP contribution in [0.3, 0.4) is 0 Å². The van der Waals surface area contributed by atoms with E-state index in [2.05, 4.69) is 27.7 Å². The zero-order valence-electron chi connectivity index (χ0n) is 10.6. The molecule has 0 aliphatic carbocycles. The molecule has 0 aliphatic rings. The van der Waals surface area contributed by atoms with E-state index in [1.54, 1.807) is 0 Å². The molecule has 0 bridgehead atoms. The van der Waals surface area contributed by atoms with Gasteiger partial charge in [-0.1, -0.05) is 50.9 Å². The average molecular weight is 259 g/mol. The summed E-state index contributed by atoms with van der Waals surface area (Å²) in [5.74, 6) is 0. The molecule has 0 unspecified atom stereocenters. The topological polar surface area (TPSA) is 0 Å². The summed E-state index contributed by atoms with van der Waals surface area (Å²) < 4.78 is 0. The van der Waals surface area contributed by atoms with E-state index in [4.69, 9.17) is 23.2 Å². The molecular formula is C14H20Cl2. The highest BCUT2D eigenvalue weighted by molar-refractivity contribution is 6.43. The summed E-state index contributed by atoms with van der Waals surface area (Å²) in [6.45, 7) is 8.66. The van der Waals surface area contributed by atoms with Crippen molar-refractivity contribution in [3.8, 4) is 0 Å². The zero-order valence-corrected chi connectivity index (χ0v) is 12.1. The van der Waals surface area contributed by atoms with E-state index >= 15 is 0 Å². The Balaban J connectivity index is 3.61. The lowest BCUT2D eigenvalue weighted by Gasteiger charge is -2.19. The number of hydrogen-bond donors (Lipinski definition) is 0. The summed E-state index contributed by atoms with van der Waals surface area (Å²) in [4.78, 5) is 0. The second-order valence-corrected chi connectivity index (χ2v) is 4.71. The molecule has 0 amide bonds. The molecule has 90 valence electrons. The van der Waals surface area contributed by atoms with Crippen LogP contribution in [0.15, 0.2) is 0 Å². The molecule has 0 N–H and O–H groups in total. The fourth-order valence-corrected chi connectivity index (χ4v) is 3.21. The maximum atomic E-state index is 6.36. The molecule has 0 spiro atoms.